The molecule has 0 unspecified atom stereocenters. The number of thiocarbonyl (C=S) groups is 1. The van der Waals surface area contributed by atoms with Gasteiger partial charge in [0.05, 0.1) is 7.11 Å². The normalized spacial score (nSPS) is 12.8. The van der Waals surface area contributed by atoms with E-state index in [1.165, 1.54) is 11.1 Å². The van der Waals surface area contributed by atoms with Gasteiger partial charge in [-0.15, -0.1) is 0 Å². The van der Waals surface area contributed by atoms with Gasteiger partial charge in [-0.05, 0) is 61.5 Å². The zero-order chi connectivity index (χ0) is 18.9. The second kappa shape index (κ2) is 6.91. The molecule has 0 aliphatic rings. The van der Waals surface area contributed by atoms with Crippen LogP contribution < -0.4 is 15.4 Å². The molecule has 4 heteroatoms. The SMILES string of the molecule is COc1cc(C(C)(C)C)c(NC(=S)NC(C)(C)C)cc1C(C)(C)C. The minimum atomic E-state index is -0.0781. The predicted molar refractivity (Wildman–Crippen MR) is 110 cm³/mol. The standard InChI is InChI=1S/C20H34N2OS/c1-18(2,3)13-12-16(23-10)14(19(4,5)6)11-15(13)21-17(24)22-20(7,8)9/h11-12H,1-10H3,(H2,21,22,24). The Hall–Kier alpha value is -1.29. The molecule has 24 heavy (non-hydrogen) atoms. The first kappa shape index (κ1) is 20.8. The second-order valence-corrected chi connectivity index (χ2v) is 9.84. The van der Waals surface area contributed by atoms with Gasteiger partial charge in [-0.25, -0.2) is 0 Å². The van der Waals surface area contributed by atoms with Crippen LogP contribution in [0.1, 0.15) is 73.4 Å². The summed E-state index contributed by atoms with van der Waals surface area (Å²) in [6.45, 7) is 19.5. The van der Waals surface area contributed by atoms with E-state index in [0.717, 1.165) is 11.4 Å². The van der Waals surface area contributed by atoms with E-state index >= 15 is 0 Å². The number of nitrogens with one attached hydrogen (secondary N) is 2. The van der Waals surface area contributed by atoms with Gasteiger partial charge in [-0.3, -0.25) is 0 Å². The third kappa shape index (κ3) is 5.66. The van der Waals surface area contributed by atoms with Crippen LogP contribution in [0.5, 0.6) is 5.75 Å². The molecular formula is C20H34N2OS. The van der Waals surface area contributed by atoms with Gasteiger partial charge in [0.25, 0.3) is 0 Å². The van der Waals surface area contributed by atoms with Crippen LogP contribution in [0, 0.1) is 0 Å². The molecule has 2 N–H and O–H groups in total. The molecule has 0 amide bonds. The van der Waals surface area contributed by atoms with Crippen LogP contribution in [0.15, 0.2) is 12.1 Å². The van der Waals surface area contributed by atoms with Gasteiger partial charge < -0.3 is 15.4 Å². The van der Waals surface area contributed by atoms with E-state index in [-0.39, 0.29) is 16.4 Å². The number of benzene rings is 1. The lowest BCUT2D eigenvalue weighted by Crippen LogP contribution is -2.43. The molecule has 0 fully saturated rings. The monoisotopic (exact) mass is 350 g/mol. The summed E-state index contributed by atoms with van der Waals surface area (Å²) < 4.78 is 5.67. The average Bonchev–Trinajstić information content (AvgIpc) is 2.33. The van der Waals surface area contributed by atoms with E-state index < -0.39 is 0 Å². The molecular weight excluding hydrogens is 316 g/mol. The van der Waals surface area contributed by atoms with Crippen LogP contribution in [0.4, 0.5) is 5.69 Å². The van der Waals surface area contributed by atoms with E-state index in [1.54, 1.807) is 7.11 Å². The summed E-state index contributed by atoms with van der Waals surface area (Å²) in [5.74, 6) is 0.924. The second-order valence-electron chi connectivity index (χ2n) is 9.43. The van der Waals surface area contributed by atoms with Gasteiger partial charge in [-0.2, -0.15) is 0 Å². The lowest BCUT2D eigenvalue weighted by Gasteiger charge is -2.30. The van der Waals surface area contributed by atoms with Crippen molar-refractivity contribution in [3.05, 3.63) is 23.3 Å². The Morgan fingerprint density at radius 3 is 1.75 bits per heavy atom. The summed E-state index contributed by atoms with van der Waals surface area (Å²) >= 11 is 5.51. The van der Waals surface area contributed by atoms with E-state index in [2.05, 4.69) is 85.1 Å². The van der Waals surface area contributed by atoms with E-state index in [4.69, 9.17) is 17.0 Å². The van der Waals surface area contributed by atoms with Crippen molar-refractivity contribution in [3.63, 3.8) is 0 Å². The summed E-state index contributed by atoms with van der Waals surface area (Å²) in [6.07, 6.45) is 0. The predicted octanol–water partition coefficient (Wildman–Crippen LogP) is 5.38. The molecule has 0 bridgehead atoms. The molecule has 0 saturated heterocycles. The lowest BCUT2D eigenvalue weighted by atomic mass is 9.80. The van der Waals surface area contributed by atoms with Crippen molar-refractivity contribution in [2.75, 3.05) is 12.4 Å². The molecule has 3 nitrogen and oxygen atoms in total. The Balaban J connectivity index is 3.42. The Kier molecular flexibility index (Phi) is 5.98. The number of rotatable bonds is 2. The molecule has 0 saturated carbocycles. The summed E-state index contributed by atoms with van der Waals surface area (Å²) in [4.78, 5) is 0. The highest BCUT2D eigenvalue weighted by Crippen LogP contribution is 2.40. The Labute approximate surface area is 153 Å². The minimum absolute atomic E-state index is 0.0166. The largest absolute Gasteiger partial charge is 0.496 e. The Bertz CT molecular complexity index is 602. The highest BCUT2D eigenvalue weighted by molar-refractivity contribution is 7.80. The number of hydrogen-bond donors (Lipinski definition) is 2. The highest BCUT2D eigenvalue weighted by Gasteiger charge is 2.26. The van der Waals surface area contributed by atoms with Crippen molar-refractivity contribution >= 4 is 23.0 Å². The lowest BCUT2D eigenvalue weighted by molar-refractivity contribution is 0.395. The minimum Gasteiger partial charge on any atom is -0.496 e. The summed E-state index contributed by atoms with van der Waals surface area (Å²) in [5, 5.41) is 7.36. The number of hydrogen-bond acceptors (Lipinski definition) is 2. The smallest absolute Gasteiger partial charge is 0.171 e. The van der Waals surface area contributed by atoms with Gasteiger partial charge in [-0.1, -0.05) is 41.5 Å². The van der Waals surface area contributed by atoms with Gasteiger partial charge >= 0.3 is 0 Å². The first-order valence-electron chi connectivity index (χ1n) is 8.47. The van der Waals surface area contributed by atoms with Crippen molar-refractivity contribution < 1.29 is 4.74 Å². The third-order valence-corrected chi connectivity index (χ3v) is 3.90. The maximum absolute atomic E-state index is 5.67. The fourth-order valence-corrected chi connectivity index (χ4v) is 2.97. The number of ether oxygens (including phenoxy) is 1. The van der Waals surface area contributed by atoms with Gasteiger partial charge in [0.2, 0.25) is 0 Å². The fourth-order valence-electron chi connectivity index (χ4n) is 2.55. The molecule has 0 radical (unpaired) electrons. The van der Waals surface area contributed by atoms with Gasteiger partial charge in [0.1, 0.15) is 5.75 Å². The number of methoxy groups -OCH3 is 1. The van der Waals surface area contributed by atoms with Crippen molar-refractivity contribution in [1.82, 2.24) is 5.32 Å². The maximum Gasteiger partial charge on any atom is 0.171 e. The van der Waals surface area contributed by atoms with Gasteiger partial charge in [0, 0.05) is 16.8 Å². The quantitative estimate of drug-likeness (QED) is 0.702. The summed E-state index contributed by atoms with van der Waals surface area (Å²) in [6, 6.07) is 4.32. The molecule has 0 heterocycles. The Morgan fingerprint density at radius 1 is 0.875 bits per heavy atom. The Morgan fingerprint density at radius 2 is 1.38 bits per heavy atom. The van der Waals surface area contributed by atoms with Crippen LogP contribution in [0.25, 0.3) is 0 Å². The van der Waals surface area contributed by atoms with Crippen molar-refractivity contribution in [3.8, 4) is 5.75 Å². The third-order valence-electron chi connectivity index (χ3n) is 3.69. The van der Waals surface area contributed by atoms with E-state index in [1.807, 2.05) is 0 Å². The van der Waals surface area contributed by atoms with Crippen LogP contribution in [0.2, 0.25) is 0 Å². The zero-order valence-corrected chi connectivity index (χ0v) is 17.8. The van der Waals surface area contributed by atoms with Crippen molar-refractivity contribution in [1.29, 1.82) is 0 Å². The van der Waals surface area contributed by atoms with Crippen molar-refractivity contribution in [2.45, 2.75) is 78.7 Å². The molecule has 1 aromatic rings. The number of anilines is 1. The molecule has 0 aliphatic heterocycles. The average molecular weight is 351 g/mol. The van der Waals surface area contributed by atoms with E-state index in [0.29, 0.717) is 5.11 Å². The molecule has 0 spiro atoms. The molecule has 1 rings (SSSR count). The van der Waals surface area contributed by atoms with Crippen LogP contribution in [-0.2, 0) is 10.8 Å². The topological polar surface area (TPSA) is 33.3 Å². The zero-order valence-electron chi connectivity index (χ0n) is 17.0. The molecule has 0 atom stereocenters. The summed E-state index contributed by atoms with van der Waals surface area (Å²) in [5.41, 5.74) is 3.27. The molecule has 1 aromatic carbocycles. The molecule has 136 valence electrons. The van der Waals surface area contributed by atoms with Crippen LogP contribution in [-0.4, -0.2) is 17.8 Å². The molecule has 0 aliphatic carbocycles. The maximum atomic E-state index is 5.67. The molecule has 0 aromatic heterocycles. The van der Waals surface area contributed by atoms with E-state index in [9.17, 15) is 0 Å². The summed E-state index contributed by atoms with van der Waals surface area (Å²) in [7, 11) is 1.73. The first-order valence-corrected chi connectivity index (χ1v) is 8.88. The van der Waals surface area contributed by atoms with Crippen LogP contribution >= 0.6 is 12.2 Å². The van der Waals surface area contributed by atoms with Gasteiger partial charge in [0.15, 0.2) is 5.11 Å². The van der Waals surface area contributed by atoms with Crippen molar-refractivity contribution in [2.24, 2.45) is 0 Å². The van der Waals surface area contributed by atoms with Crippen LogP contribution in [0.3, 0.4) is 0 Å². The first-order chi connectivity index (χ1) is 10.6. The highest BCUT2D eigenvalue weighted by atomic mass is 32.1. The fraction of sp³-hybridized carbons (Fsp3) is 0.650.